The summed E-state index contributed by atoms with van der Waals surface area (Å²) in [7, 11) is 0. The van der Waals surface area contributed by atoms with Crippen molar-refractivity contribution in [2.24, 2.45) is 5.41 Å². The fourth-order valence-electron chi connectivity index (χ4n) is 1.78. The third-order valence-electron chi connectivity index (χ3n) is 2.75. The zero-order chi connectivity index (χ0) is 13.1. The van der Waals surface area contributed by atoms with Crippen LogP contribution in [-0.4, -0.2) is 6.61 Å². The lowest BCUT2D eigenvalue weighted by Gasteiger charge is -2.18. The average molecular weight is 255 g/mol. The summed E-state index contributed by atoms with van der Waals surface area (Å²) >= 11 is 6.12. The molecule has 0 aliphatic carbocycles. The van der Waals surface area contributed by atoms with Gasteiger partial charge in [0.05, 0.1) is 6.61 Å². The van der Waals surface area contributed by atoms with Gasteiger partial charge >= 0.3 is 0 Å². The molecule has 1 aromatic rings. The number of benzene rings is 1. The third kappa shape index (κ3) is 4.99. The van der Waals surface area contributed by atoms with Crippen molar-refractivity contribution in [2.45, 2.75) is 47.5 Å². The van der Waals surface area contributed by atoms with Crippen LogP contribution in [-0.2, 0) is 0 Å². The van der Waals surface area contributed by atoms with Gasteiger partial charge in [-0.3, -0.25) is 0 Å². The summed E-state index contributed by atoms with van der Waals surface area (Å²) in [5, 5.41) is 0.840. The largest absolute Gasteiger partial charge is 0.494 e. The molecule has 1 aromatic carbocycles. The Bertz CT molecular complexity index is 354. The number of halogens is 1. The lowest BCUT2D eigenvalue weighted by atomic mass is 9.91. The SMILES string of the molecule is Cc1cc(OCCCC(C)(C)C)cc(C)c1Cl. The van der Waals surface area contributed by atoms with Crippen molar-refractivity contribution < 1.29 is 4.74 Å². The Labute approximate surface area is 110 Å². The summed E-state index contributed by atoms with van der Waals surface area (Å²) in [5.41, 5.74) is 2.55. The van der Waals surface area contributed by atoms with Crippen molar-refractivity contribution in [1.29, 1.82) is 0 Å². The van der Waals surface area contributed by atoms with Crippen molar-refractivity contribution >= 4 is 11.6 Å². The van der Waals surface area contributed by atoms with Crippen molar-refractivity contribution in [3.05, 3.63) is 28.3 Å². The smallest absolute Gasteiger partial charge is 0.119 e. The van der Waals surface area contributed by atoms with Crippen LogP contribution in [0.25, 0.3) is 0 Å². The molecule has 17 heavy (non-hydrogen) atoms. The highest BCUT2D eigenvalue weighted by Crippen LogP contribution is 2.26. The first-order valence-electron chi connectivity index (χ1n) is 6.19. The van der Waals surface area contributed by atoms with Crippen LogP contribution in [0.3, 0.4) is 0 Å². The minimum absolute atomic E-state index is 0.384. The van der Waals surface area contributed by atoms with Gasteiger partial charge in [0, 0.05) is 5.02 Å². The zero-order valence-electron chi connectivity index (χ0n) is 11.6. The Hall–Kier alpha value is -0.690. The van der Waals surface area contributed by atoms with Crippen molar-refractivity contribution in [3.63, 3.8) is 0 Å². The van der Waals surface area contributed by atoms with Gasteiger partial charge in [-0.25, -0.2) is 0 Å². The highest BCUT2D eigenvalue weighted by molar-refractivity contribution is 6.32. The molecule has 0 spiro atoms. The minimum atomic E-state index is 0.384. The molecule has 0 bridgehead atoms. The quantitative estimate of drug-likeness (QED) is 0.674. The molecule has 0 amide bonds. The summed E-state index contributed by atoms with van der Waals surface area (Å²) in [6.07, 6.45) is 2.27. The molecular formula is C15H23ClO. The number of ether oxygens (including phenoxy) is 1. The Balaban J connectivity index is 2.48. The fraction of sp³-hybridized carbons (Fsp3) is 0.600. The molecule has 1 nitrogen and oxygen atoms in total. The lowest BCUT2D eigenvalue weighted by molar-refractivity contribution is 0.269. The lowest BCUT2D eigenvalue weighted by Crippen LogP contribution is -2.08. The monoisotopic (exact) mass is 254 g/mol. The Kier molecular flexibility index (Phi) is 4.88. The van der Waals surface area contributed by atoms with Gasteiger partial charge in [0.2, 0.25) is 0 Å². The molecule has 0 aliphatic heterocycles. The third-order valence-corrected chi connectivity index (χ3v) is 3.35. The van der Waals surface area contributed by atoms with Gasteiger partial charge in [-0.2, -0.15) is 0 Å². The predicted molar refractivity (Wildman–Crippen MR) is 75.1 cm³/mol. The van der Waals surface area contributed by atoms with Crippen LogP contribution < -0.4 is 4.74 Å². The molecule has 0 unspecified atom stereocenters. The van der Waals surface area contributed by atoms with Crippen molar-refractivity contribution in [1.82, 2.24) is 0 Å². The van der Waals surface area contributed by atoms with Crippen LogP contribution in [0.15, 0.2) is 12.1 Å². The van der Waals surface area contributed by atoms with E-state index in [1.807, 2.05) is 26.0 Å². The van der Waals surface area contributed by atoms with Crippen LogP contribution in [0.4, 0.5) is 0 Å². The van der Waals surface area contributed by atoms with Gasteiger partial charge in [-0.05, 0) is 55.4 Å². The maximum atomic E-state index is 6.12. The van der Waals surface area contributed by atoms with E-state index in [-0.39, 0.29) is 0 Å². The molecule has 0 aliphatic rings. The summed E-state index contributed by atoms with van der Waals surface area (Å²) in [6.45, 7) is 11.6. The average Bonchev–Trinajstić information content (AvgIpc) is 2.19. The van der Waals surface area contributed by atoms with Crippen LogP contribution in [0.1, 0.15) is 44.7 Å². The first kappa shape index (κ1) is 14.4. The van der Waals surface area contributed by atoms with E-state index < -0.39 is 0 Å². The fourth-order valence-corrected chi connectivity index (χ4v) is 1.89. The Morgan fingerprint density at radius 1 is 1.12 bits per heavy atom. The molecule has 0 saturated carbocycles. The minimum Gasteiger partial charge on any atom is -0.494 e. The van der Waals surface area contributed by atoms with Gasteiger partial charge in [0.25, 0.3) is 0 Å². The first-order chi connectivity index (χ1) is 7.79. The molecule has 2 heteroatoms. The van der Waals surface area contributed by atoms with E-state index in [1.165, 1.54) is 6.42 Å². The van der Waals surface area contributed by atoms with Crippen LogP contribution in [0.2, 0.25) is 5.02 Å². The van der Waals surface area contributed by atoms with E-state index in [9.17, 15) is 0 Å². The maximum Gasteiger partial charge on any atom is 0.119 e. The predicted octanol–water partition coefficient (Wildman–Crippen LogP) is 5.16. The molecule has 0 aromatic heterocycles. The molecule has 1 rings (SSSR count). The number of rotatable bonds is 4. The Morgan fingerprint density at radius 3 is 2.12 bits per heavy atom. The standard InChI is InChI=1S/C15H23ClO/c1-11-9-13(10-12(2)14(11)16)17-8-6-7-15(3,4)5/h9-10H,6-8H2,1-5H3. The normalized spacial score (nSPS) is 11.6. The summed E-state index contributed by atoms with van der Waals surface area (Å²) < 4.78 is 5.76. The van der Waals surface area contributed by atoms with Crippen molar-refractivity contribution in [3.8, 4) is 5.75 Å². The molecule has 96 valence electrons. The van der Waals surface area contributed by atoms with E-state index in [2.05, 4.69) is 20.8 Å². The van der Waals surface area contributed by atoms with Crippen molar-refractivity contribution in [2.75, 3.05) is 6.61 Å². The molecule has 0 radical (unpaired) electrons. The molecule has 0 fully saturated rings. The van der Waals surface area contributed by atoms with Crippen LogP contribution >= 0.6 is 11.6 Å². The Morgan fingerprint density at radius 2 is 1.65 bits per heavy atom. The van der Waals surface area contributed by atoms with E-state index in [0.717, 1.165) is 34.9 Å². The first-order valence-corrected chi connectivity index (χ1v) is 6.57. The number of hydrogen-bond donors (Lipinski definition) is 0. The number of hydrogen-bond acceptors (Lipinski definition) is 1. The van der Waals surface area contributed by atoms with Gasteiger partial charge in [-0.15, -0.1) is 0 Å². The molecule has 0 N–H and O–H groups in total. The van der Waals surface area contributed by atoms with Gasteiger partial charge < -0.3 is 4.74 Å². The molecule has 0 saturated heterocycles. The highest BCUT2D eigenvalue weighted by Gasteiger charge is 2.09. The second-order valence-corrected chi connectivity index (χ2v) is 6.26. The van der Waals surface area contributed by atoms with E-state index in [0.29, 0.717) is 5.41 Å². The van der Waals surface area contributed by atoms with Gasteiger partial charge in [-0.1, -0.05) is 32.4 Å². The second kappa shape index (κ2) is 5.77. The maximum absolute atomic E-state index is 6.12. The van der Waals surface area contributed by atoms with E-state index >= 15 is 0 Å². The van der Waals surface area contributed by atoms with Gasteiger partial charge in [0.1, 0.15) is 5.75 Å². The topological polar surface area (TPSA) is 9.23 Å². The van der Waals surface area contributed by atoms with E-state index in [1.54, 1.807) is 0 Å². The zero-order valence-corrected chi connectivity index (χ0v) is 12.3. The highest BCUT2D eigenvalue weighted by atomic mass is 35.5. The number of aryl methyl sites for hydroxylation is 2. The second-order valence-electron chi connectivity index (χ2n) is 5.88. The van der Waals surface area contributed by atoms with Crippen LogP contribution in [0, 0.1) is 19.3 Å². The van der Waals surface area contributed by atoms with E-state index in [4.69, 9.17) is 16.3 Å². The summed E-state index contributed by atoms with van der Waals surface area (Å²) in [4.78, 5) is 0. The van der Waals surface area contributed by atoms with Crippen LogP contribution in [0.5, 0.6) is 5.75 Å². The van der Waals surface area contributed by atoms with Gasteiger partial charge in [0.15, 0.2) is 0 Å². The molecular weight excluding hydrogens is 232 g/mol. The molecule has 0 atom stereocenters. The summed E-state index contributed by atoms with van der Waals surface area (Å²) in [6, 6.07) is 4.01. The summed E-state index contributed by atoms with van der Waals surface area (Å²) in [5.74, 6) is 0.929. The molecule has 0 heterocycles.